The first-order valence-corrected chi connectivity index (χ1v) is 42.5. The van der Waals surface area contributed by atoms with E-state index in [1.165, 1.54) is 212 Å². The van der Waals surface area contributed by atoms with E-state index in [1.54, 1.807) is 0 Å². The fourth-order valence-electron chi connectivity index (χ4n) is 11.7. The standard InChI is InChI=1S/C76H148O17P2/c1-7-9-11-13-15-17-26-34-40-46-52-58-73(78)86-64-71(92-75(80)60-54-48-42-36-27-18-16-14-12-10-8-2)66-90-94(82,83)88-62-70(77)63-89-95(84,85)91-67-72(65-87-74(79)59-53-47-41-35-30-25-24-29-33-39-45-51-57-69(5)6)93-76(81)61-55-49-43-37-31-23-21-19-20-22-28-32-38-44-50-56-68(3)4/h68-72,77H,7-67H2,1-6H3,(H,82,83)(H,84,85)/t70-,71+,72+/m0/s1. The first-order chi connectivity index (χ1) is 45.9. The van der Waals surface area contributed by atoms with Crippen molar-refractivity contribution in [3.8, 4) is 0 Å². The number of phosphoric ester groups is 2. The van der Waals surface area contributed by atoms with E-state index in [2.05, 4.69) is 41.5 Å². The lowest BCUT2D eigenvalue weighted by Crippen LogP contribution is -2.30. The lowest BCUT2D eigenvalue weighted by atomic mass is 10.0. The van der Waals surface area contributed by atoms with Gasteiger partial charge >= 0.3 is 39.5 Å². The summed E-state index contributed by atoms with van der Waals surface area (Å²) in [5, 5.41) is 10.6. The third kappa shape index (κ3) is 70.3. The van der Waals surface area contributed by atoms with Crippen molar-refractivity contribution in [3.05, 3.63) is 0 Å². The Hall–Kier alpha value is -1.94. The Morgan fingerprint density at radius 2 is 0.484 bits per heavy atom. The van der Waals surface area contributed by atoms with Gasteiger partial charge in [0.05, 0.1) is 26.4 Å². The van der Waals surface area contributed by atoms with E-state index in [4.69, 9.17) is 37.0 Å². The average Bonchev–Trinajstić information content (AvgIpc) is 2.28. The molecule has 0 aliphatic rings. The van der Waals surface area contributed by atoms with Crippen molar-refractivity contribution < 1.29 is 80.2 Å². The number of aliphatic hydroxyl groups excluding tert-OH is 1. The third-order valence-corrected chi connectivity index (χ3v) is 19.6. The zero-order valence-corrected chi connectivity index (χ0v) is 63.8. The molecule has 95 heavy (non-hydrogen) atoms. The van der Waals surface area contributed by atoms with E-state index >= 15 is 0 Å². The van der Waals surface area contributed by atoms with Gasteiger partial charge in [-0.25, -0.2) is 9.13 Å². The van der Waals surface area contributed by atoms with Gasteiger partial charge in [-0.3, -0.25) is 37.3 Å². The molecule has 564 valence electrons. The van der Waals surface area contributed by atoms with Gasteiger partial charge in [0.2, 0.25) is 0 Å². The zero-order valence-electron chi connectivity index (χ0n) is 62.0. The van der Waals surface area contributed by atoms with Crippen LogP contribution >= 0.6 is 15.6 Å². The van der Waals surface area contributed by atoms with E-state index in [9.17, 15) is 43.2 Å². The second kappa shape index (κ2) is 67.9. The van der Waals surface area contributed by atoms with Crippen LogP contribution in [0.1, 0.15) is 395 Å². The summed E-state index contributed by atoms with van der Waals surface area (Å²) in [5.74, 6) is -0.529. The molecule has 2 unspecified atom stereocenters. The molecule has 0 saturated heterocycles. The van der Waals surface area contributed by atoms with Crippen molar-refractivity contribution in [1.82, 2.24) is 0 Å². The van der Waals surface area contributed by atoms with Crippen LogP contribution in [0.5, 0.6) is 0 Å². The maximum atomic E-state index is 13.1. The number of rotatable bonds is 75. The molecule has 3 N–H and O–H groups in total. The Morgan fingerprint density at radius 1 is 0.284 bits per heavy atom. The van der Waals surface area contributed by atoms with Crippen molar-refractivity contribution in [1.29, 1.82) is 0 Å². The zero-order chi connectivity index (χ0) is 70.0. The first-order valence-electron chi connectivity index (χ1n) is 39.5. The predicted octanol–water partition coefficient (Wildman–Crippen LogP) is 22.3. The van der Waals surface area contributed by atoms with Crippen LogP contribution in [0, 0.1) is 11.8 Å². The molecule has 0 aliphatic heterocycles. The second-order valence-electron chi connectivity index (χ2n) is 28.3. The smallest absolute Gasteiger partial charge is 0.462 e. The Bertz CT molecular complexity index is 1840. The third-order valence-electron chi connectivity index (χ3n) is 17.7. The van der Waals surface area contributed by atoms with Crippen molar-refractivity contribution in [2.75, 3.05) is 39.6 Å². The summed E-state index contributed by atoms with van der Waals surface area (Å²) >= 11 is 0. The van der Waals surface area contributed by atoms with Gasteiger partial charge in [-0.1, -0.05) is 343 Å². The van der Waals surface area contributed by atoms with Crippen molar-refractivity contribution in [3.63, 3.8) is 0 Å². The minimum absolute atomic E-state index is 0.107. The van der Waals surface area contributed by atoms with Gasteiger partial charge in [0.15, 0.2) is 12.2 Å². The van der Waals surface area contributed by atoms with Crippen molar-refractivity contribution in [2.45, 2.75) is 413 Å². The first kappa shape index (κ1) is 93.1. The minimum atomic E-state index is -4.96. The molecular weight excluding hydrogens is 1250 g/mol. The molecule has 5 atom stereocenters. The maximum Gasteiger partial charge on any atom is 0.472 e. The van der Waals surface area contributed by atoms with Crippen LogP contribution in [-0.4, -0.2) is 96.7 Å². The molecule has 0 radical (unpaired) electrons. The average molecular weight is 1400 g/mol. The van der Waals surface area contributed by atoms with Crippen LogP contribution in [0.25, 0.3) is 0 Å². The predicted molar refractivity (Wildman–Crippen MR) is 386 cm³/mol. The number of aliphatic hydroxyl groups is 1. The molecule has 0 aliphatic carbocycles. The van der Waals surface area contributed by atoms with Gasteiger partial charge in [0, 0.05) is 25.7 Å². The second-order valence-corrected chi connectivity index (χ2v) is 31.3. The highest BCUT2D eigenvalue weighted by molar-refractivity contribution is 7.47. The molecule has 0 aromatic rings. The van der Waals surface area contributed by atoms with E-state index in [0.29, 0.717) is 25.7 Å². The quantitative estimate of drug-likeness (QED) is 0.0222. The van der Waals surface area contributed by atoms with Crippen LogP contribution in [0.3, 0.4) is 0 Å². The summed E-state index contributed by atoms with van der Waals surface area (Å²) in [4.78, 5) is 72.8. The Labute approximate surface area is 581 Å². The monoisotopic (exact) mass is 1400 g/mol. The van der Waals surface area contributed by atoms with Gasteiger partial charge in [-0.2, -0.15) is 0 Å². The molecule has 19 heteroatoms. The van der Waals surface area contributed by atoms with Gasteiger partial charge < -0.3 is 33.8 Å². The van der Waals surface area contributed by atoms with E-state index in [0.717, 1.165) is 102 Å². The molecule has 0 heterocycles. The Kier molecular flexibility index (Phi) is 66.5. The SMILES string of the molecule is CCCCCCCCCCCCCC(=O)OC[C@H](COP(=O)(O)OC[C@H](O)COP(=O)(O)OC[C@@H](COC(=O)CCCCCCCCCCCCCCC(C)C)OC(=O)CCCCCCCCCCCCCCCCCC(C)C)OC(=O)CCCCCCCCCCCCC. The lowest BCUT2D eigenvalue weighted by molar-refractivity contribution is -0.161. The normalized spacial score (nSPS) is 14.0. The van der Waals surface area contributed by atoms with Crippen LogP contribution in [0.2, 0.25) is 0 Å². The molecule has 0 saturated carbocycles. The molecule has 17 nitrogen and oxygen atoms in total. The number of phosphoric acid groups is 2. The lowest BCUT2D eigenvalue weighted by Gasteiger charge is -2.21. The molecule has 0 amide bonds. The summed E-state index contributed by atoms with van der Waals surface area (Å²) < 4.78 is 68.5. The molecule has 0 aromatic heterocycles. The fourth-order valence-corrected chi connectivity index (χ4v) is 13.2. The summed E-state index contributed by atoms with van der Waals surface area (Å²) in [6.45, 7) is 9.63. The van der Waals surface area contributed by atoms with Crippen molar-refractivity contribution >= 4 is 39.5 Å². The highest BCUT2D eigenvalue weighted by atomic mass is 31.2. The van der Waals surface area contributed by atoms with Gasteiger partial charge in [0.25, 0.3) is 0 Å². The van der Waals surface area contributed by atoms with E-state index in [1.807, 2.05) is 0 Å². The molecule has 0 bridgehead atoms. The molecule has 0 fully saturated rings. The van der Waals surface area contributed by atoms with Crippen molar-refractivity contribution in [2.24, 2.45) is 11.8 Å². The largest absolute Gasteiger partial charge is 0.472 e. The van der Waals surface area contributed by atoms with Gasteiger partial charge in [0.1, 0.15) is 19.3 Å². The van der Waals surface area contributed by atoms with Crippen LogP contribution in [-0.2, 0) is 65.4 Å². The number of carbonyl (C=O) groups is 4. The summed E-state index contributed by atoms with van der Waals surface area (Å²) in [7, 11) is -9.91. The number of hydrogen-bond donors (Lipinski definition) is 3. The topological polar surface area (TPSA) is 237 Å². The number of hydrogen-bond acceptors (Lipinski definition) is 15. The highest BCUT2D eigenvalue weighted by Crippen LogP contribution is 2.45. The van der Waals surface area contributed by atoms with E-state index < -0.39 is 97.5 Å². The Balaban J connectivity index is 5.24. The van der Waals surface area contributed by atoms with Gasteiger partial charge in [-0.15, -0.1) is 0 Å². The molecule has 0 spiro atoms. The molecule has 0 rings (SSSR count). The highest BCUT2D eigenvalue weighted by Gasteiger charge is 2.30. The minimum Gasteiger partial charge on any atom is -0.462 e. The summed E-state index contributed by atoms with van der Waals surface area (Å²) in [6.07, 6.45) is 55.3. The molecular formula is C76H148O17P2. The maximum absolute atomic E-state index is 13.1. The fraction of sp³-hybridized carbons (Fsp3) is 0.947. The number of unbranched alkanes of at least 4 members (excludes halogenated alkanes) is 45. The number of ether oxygens (including phenoxy) is 4. The molecule has 0 aromatic carbocycles. The number of carbonyl (C=O) groups excluding carboxylic acids is 4. The van der Waals surface area contributed by atoms with Gasteiger partial charge in [-0.05, 0) is 37.5 Å². The summed E-state index contributed by atoms with van der Waals surface area (Å²) in [6, 6.07) is 0. The van der Waals surface area contributed by atoms with Crippen LogP contribution in [0.4, 0.5) is 0 Å². The van der Waals surface area contributed by atoms with Crippen LogP contribution < -0.4 is 0 Å². The van der Waals surface area contributed by atoms with Crippen LogP contribution in [0.15, 0.2) is 0 Å². The number of esters is 4. The van der Waals surface area contributed by atoms with E-state index in [-0.39, 0.29) is 25.7 Å². The summed E-state index contributed by atoms with van der Waals surface area (Å²) in [5.41, 5.74) is 0. The Morgan fingerprint density at radius 3 is 0.716 bits per heavy atom.